The molecule has 0 aromatic heterocycles. The summed E-state index contributed by atoms with van der Waals surface area (Å²) in [5.74, 6) is 2.37. The van der Waals surface area contributed by atoms with E-state index in [0.717, 1.165) is 47.7 Å². The topological polar surface area (TPSA) is 195 Å². The third-order valence-electron chi connectivity index (χ3n) is 16.7. The molecule has 8 aliphatic rings. The maximum Gasteiger partial charge on any atom is 0.325 e. The Morgan fingerprint density at radius 3 is 0.765 bits per heavy atom. The lowest BCUT2D eigenvalue weighted by molar-refractivity contribution is -0.0796. The van der Waals surface area contributed by atoms with Crippen molar-refractivity contribution < 1.29 is 85.4 Å². The molecular weight excluding hydrogens is 1420 g/mol. The summed E-state index contributed by atoms with van der Waals surface area (Å²) >= 11 is 13.2. The molecule has 4 aromatic carbocycles. The predicted molar refractivity (Wildman–Crippen MR) is 384 cm³/mol. The zero-order valence-corrected chi connectivity index (χ0v) is 61.8. The zero-order chi connectivity index (χ0) is 67.5. The first-order valence-corrected chi connectivity index (χ1v) is 39.2. The third kappa shape index (κ3) is 15.8. The molecule has 0 N–H and O–H groups in total. The summed E-state index contributed by atoms with van der Waals surface area (Å²) < 4.78 is 101. The standard InChI is InChI=1S/C68H82N4O18S8/c1-75-15-19-79-23-27-83-31-35-87-53-49-43-69-65(73)71-45-51-52(56(90-38-34-86-30-26-82-22-18-78-4)60-59(97-64(98-60)62-93-41-42-94-62)55(51)89-37-33-85-29-25-81-21-17-77-3)46-72-66(74)70(67(69,47-11-7-5-8-12-47)68(71,72)48-13-9-6-10-14-48)44-50(49)54(88-36-32-84-28-24-80-20-16-76-2)58-57(53)95-63(96-58)61-91-39-40-92-61/h5-14,39-42H,15-38,43-46H2,1-4H3. The molecule has 2 fully saturated rings. The number of ether oxygens (including phenoxy) is 16. The second-order valence-corrected chi connectivity index (χ2v) is 31.2. The zero-order valence-electron chi connectivity index (χ0n) is 55.3. The van der Waals surface area contributed by atoms with E-state index in [1.807, 2.05) is 80.3 Å². The van der Waals surface area contributed by atoms with Crippen LogP contribution in [0.25, 0.3) is 0 Å². The van der Waals surface area contributed by atoms with Gasteiger partial charge in [0.15, 0.2) is 11.3 Å². The molecule has 8 aliphatic heterocycles. The van der Waals surface area contributed by atoms with Gasteiger partial charge < -0.3 is 75.8 Å². The van der Waals surface area contributed by atoms with Gasteiger partial charge in [-0.05, 0) is 21.6 Å². The van der Waals surface area contributed by atoms with E-state index in [4.69, 9.17) is 75.8 Å². The monoisotopic (exact) mass is 1500 g/mol. The number of carbonyl (C=O) groups excluding carboxylic acids is 2. The van der Waals surface area contributed by atoms with Crippen molar-refractivity contribution in [2.24, 2.45) is 0 Å². The molecule has 0 spiro atoms. The fourth-order valence-corrected chi connectivity index (χ4v) is 22.4. The van der Waals surface area contributed by atoms with Crippen molar-refractivity contribution in [3.8, 4) is 23.0 Å². The SMILES string of the molecule is COCCOCCOCCOc1c2c(c(OCCOCCOCCOC)c3c1SC(=C1SC=CS1)S3)CN1C(=O)N3Cc4c(c(OCCOCCOCCOC)c5c(c4OCCOCCOCCOC)SC(=C4SC=CS4)S5)CN4C(=O)N(C2)C1(c1ccccc1)C43c1ccccc1. The van der Waals surface area contributed by atoms with Gasteiger partial charge in [0, 0.05) is 61.8 Å². The summed E-state index contributed by atoms with van der Waals surface area (Å²) in [6.07, 6.45) is 0. The van der Waals surface area contributed by atoms with Crippen molar-refractivity contribution in [3.05, 3.63) is 133 Å². The number of nitrogens with zero attached hydrogens (tertiary/aromatic N) is 4. The van der Waals surface area contributed by atoms with Gasteiger partial charge in [-0.1, -0.05) is 155 Å². The van der Waals surface area contributed by atoms with E-state index in [1.165, 1.54) is 0 Å². The van der Waals surface area contributed by atoms with E-state index >= 15 is 9.59 Å². The molecule has 0 unspecified atom stereocenters. The Bertz CT molecular complexity index is 3110. The van der Waals surface area contributed by atoms with E-state index in [9.17, 15) is 0 Å². The highest BCUT2D eigenvalue weighted by molar-refractivity contribution is 8.32. The second kappa shape index (κ2) is 36.9. The lowest BCUT2D eigenvalue weighted by Crippen LogP contribution is -2.62. The highest BCUT2D eigenvalue weighted by atomic mass is 32.2. The van der Waals surface area contributed by atoms with Gasteiger partial charge in [-0.3, -0.25) is 19.6 Å². The van der Waals surface area contributed by atoms with Gasteiger partial charge in [0.2, 0.25) is 0 Å². The Balaban J connectivity index is 1.00. The Morgan fingerprint density at radius 1 is 0.306 bits per heavy atom. The summed E-state index contributed by atoms with van der Waals surface area (Å²) in [5.41, 5.74) is 1.18. The summed E-state index contributed by atoms with van der Waals surface area (Å²) in [4.78, 5) is 45.8. The average molecular weight is 1500 g/mol. The van der Waals surface area contributed by atoms with E-state index in [0.29, 0.717) is 151 Å². The van der Waals surface area contributed by atoms with E-state index in [-0.39, 0.29) is 91.1 Å². The number of fused-ring (bicyclic) bond motifs is 4. The number of hydrogen-bond acceptors (Lipinski definition) is 26. The average Bonchev–Trinajstić information content (AvgIpc) is 1.47. The summed E-state index contributed by atoms with van der Waals surface area (Å²) in [5, 5.41) is 8.35. The van der Waals surface area contributed by atoms with Crippen molar-refractivity contribution in [3.63, 3.8) is 0 Å². The van der Waals surface area contributed by atoms with Gasteiger partial charge in [-0.25, -0.2) is 9.59 Å². The van der Waals surface area contributed by atoms with Crippen LogP contribution in [0.4, 0.5) is 9.59 Å². The lowest BCUT2D eigenvalue weighted by atomic mass is 9.79. The number of thioether (sulfide) groups is 8. The van der Waals surface area contributed by atoms with Crippen molar-refractivity contribution in [1.82, 2.24) is 19.6 Å². The van der Waals surface area contributed by atoms with E-state index < -0.39 is 11.3 Å². The van der Waals surface area contributed by atoms with Crippen LogP contribution in [0.3, 0.4) is 0 Å². The Morgan fingerprint density at radius 2 is 0.531 bits per heavy atom. The minimum atomic E-state index is -1.58. The van der Waals surface area contributed by atoms with Gasteiger partial charge in [0.1, 0.15) is 49.4 Å². The smallest absolute Gasteiger partial charge is 0.325 e. The highest BCUT2D eigenvalue weighted by Crippen LogP contribution is 2.71. The first-order chi connectivity index (χ1) is 48.4. The minimum absolute atomic E-state index is 0.00192. The van der Waals surface area contributed by atoms with Crippen molar-refractivity contribution in [2.45, 2.75) is 57.1 Å². The number of carbonyl (C=O) groups is 2. The quantitative estimate of drug-likeness (QED) is 0.0380. The molecule has 4 amide bonds. The molecule has 8 heterocycles. The highest BCUT2D eigenvalue weighted by Gasteiger charge is 2.81. The van der Waals surface area contributed by atoms with Crippen molar-refractivity contribution in [2.75, 3.05) is 187 Å². The summed E-state index contributed by atoms with van der Waals surface area (Å²) in [6, 6.07) is 19.4. The minimum Gasteiger partial charge on any atom is -0.490 e. The molecule has 4 aromatic rings. The molecule has 22 nitrogen and oxygen atoms in total. The molecule has 530 valence electrons. The fourth-order valence-electron chi connectivity index (χ4n) is 12.6. The molecule has 2 saturated heterocycles. The Hall–Kier alpha value is -4.10. The third-order valence-corrected chi connectivity index (χ3v) is 27.2. The van der Waals surface area contributed by atoms with Crippen LogP contribution in [0, 0.1) is 0 Å². The summed E-state index contributed by atoms with van der Waals surface area (Å²) in [6.45, 7) is 8.41. The Kier molecular flexibility index (Phi) is 27.7. The molecule has 0 saturated carbocycles. The van der Waals surface area contributed by atoms with Gasteiger partial charge in [-0.15, -0.1) is 0 Å². The molecule has 0 atom stereocenters. The lowest BCUT2D eigenvalue weighted by Gasteiger charge is -2.49. The molecular formula is C68H82N4O18S8. The predicted octanol–water partition coefficient (Wildman–Crippen LogP) is 12.4. The largest absolute Gasteiger partial charge is 0.490 e. The van der Waals surface area contributed by atoms with Crippen LogP contribution in [0.5, 0.6) is 23.0 Å². The van der Waals surface area contributed by atoms with Gasteiger partial charge in [-0.2, -0.15) is 0 Å². The normalized spacial score (nSPS) is 19.5. The second-order valence-electron chi connectivity index (χ2n) is 22.4. The molecule has 0 aliphatic carbocycles. The van der Waals surface area contributed by atoms with Gasteiger partial charge in [0.05, 0.1) is 195 Å². The van der Waals surface area contributed by atoms with E-state index in [1.54, 1.807) is 123 Å². The molecule has 98 heavy (non-hydrogen) atoms. The number of urea groups is 2. The van der Waals surface area contributed by atoms with Gasteiger partial charge >= 0.3 is 12.1 Å². The van der Waals surface area contributed by atoms with Crippen LogP contribution in [0.2, 0.25) is 0 Å². The summed E-state index contributed by atoms with van der Waals surface area (Å²) in [7, 11) is 6.57. The first kappa shape index (κ1) is 73.6. The molecule has 0 bridgehead atoms. The molecule has 0 radical (unpaired) electrons. The number of amides is 4. The van der Waals surface area contributed by atoms with Crippen LogP contribution in [0.1, 0.15) is 33.4 Å². The Labute approximate surface area is 606 Å². The van der Waals surface area contributed by atoms with Gasteiger partial charge in [0.25, 0.3) is 0 Å². The first-order valence-electron chi connectivity index (χ1n) is 32.4. The van der Waals surface area contributed by atoms with Crippen LogP contribution >= 0.6 is 94.1 Å². The number of rotatable bonds is 42. The van der Waals surface area contributed by atoms with E-state index in [2.05, 4.69) is 21.6 Å². The molecule has 30 heteroatoms. The number of methoxy groups -OCH3 is 4. The van der Waals surface area contributed by atoms with Crippen LogP contribution in [0.15, 0.2) is 119 Å². The number of benzene rings is 4. The maximum absolute atomic E-state index is 17.3. The fraction of sp³-hybridized carbons (Fsp3) is 0.500. The van der Waals surface area contributed by atoms with Crippen LogP contribution in [-0.4, -0.2) is 219 Å². The maximum atomic E-state index is 17.3. The van der Waals surface area contributed by atoms with Crippen LogP contribution in [-0.2, 0) is 94.3 Å². The van der Waals surface area contributed by atoms with Crippen LogP contribution < -0.4 is 18.9 Å². The molecule has 12 rings (SSSR count). The number of hydrogen-bond donors (Lipinski definition) is 0. The van der Waals surface area contributed by atoms with Crippen molar-refractivity contribution in [1.29, 1.82) is 0 Å². The van der Waals surface area contributed by atoms with Crippen molar-refractivity contribution >= 4 is 106 Å².